The van der Waals surface area contributed by atoms with Crippen LogP contribution in [0, 0.1) is 0 Å². The lowest BCUT2D eigenvalue weighted by Crippen LogP contribution is -2.25. The number of thiophene rings is 1. The predicted octanol–water partition coefficient (Wildman–Crippen LogP) is 4.13. The summed E-state index contributed by atoms with van der Waals surface area (Å²) in [6.07, 6.45) is 0. The van der Waals surface area contributed by atoms with Crippen molar-refractivity contribution >= 4 is 54.8 Å². The van der Waals surface area contributed by atoms with E-state index in [0.717, 1.165) is 13.8 Å². The molecule has 100 valence electrons. The molecule has 0 aliphatic rings. The molecule has 1 aromatic carbocycles. The van der Waals surface area contributed by atoms with Gasteiger partial charge in [0.1, 0.15) is 0 Å². The Morgan fingerprint density at radius 1 is 1.26 bits per heavy atom. The third kappa shape index (κ3) is 3.81. The van der Waals surface area contributed by atoms with Crippen molar-refractivity contribution in [1.29, 1.82) is 0 Å². The average molecular weight is 404 g/mol. The van der Waals surface area contributed by atoms with Gasteiger partial charge in [0, 0.05) is 37.5 Å². The minimum absolute atomic E-state index is 0.0440. The molecule has 0 saturated heterocycles. The van der Waals surface area contributed by atoms with Gasteiger partial charge in [0.2, 0.25) is 0 Å². The Morgan fingerprint density at radius 2 is 2.00 bits per heavy atom. The summed E-state index contributed by atoms with van der Waals surface area (Å²) in [6, 6.07) is 7.25. The molecule has 0 unspecified atom stereocenters. The highest BCUT2D eigenvalue weighted by Gasteiger charge is 2.14. The van der Waals surface area contributed by atoms with Crippen LogP contribution in [0.5, 0.6) is 0 Å². The minimum atomic E-state index is -0.0440. The second-order valence-corrected chi connectivity index (χ2v) is 6.99. The maximum atomic E-state index is 12.3. The van der Waals surface area contributed by atoms with Crippen molar-refractivity contribution in [3.05, 3.63) is 49.0 Å². The van der Waals surface area contributed by atoms with Crippen LogP contribution >= 0.6 is 43.2 Å². The van der Waals surface area contributed by atoms with E-state index >= 15 is 0 Å². The first kappa shape index (κ1) is 14.6. The van der Waals surface area contributed by atoms with Crippen LogP contribution in [0.15, 0.2) is 38.6 Å². The van der Waals surface area contributed by atoms with E-state index in [1.807, 2.05) is 11.4 Å². The molecule has 0 saturated carbocycles. The van der Waals surface area contributed by atoms with E-state index in [2.05, 4.69) is 31.9 Å². The Labute approximate surface area is 132 Å². The van der Waals surface area contributed by atoms with Crippen LogP contribution in [0.4, 0.5) is 5.69 Å². The monoisotopic (exact) mass is 402 g/mol. The molecule has 2 rings (SSSR count). The van der Waals surface area contributed by atoms with E-state index in [9.17, 15) is 4.79 Å². The summed E-state index contributed by atoms with van der Waals surface area (Å²) >= 11 is 8.38. The van der Waals surface area contributed by atoms with Crippen LogP contribution in [0.25, 0.3) is 0 Å². The van der Waals surface area contributed by atoms with Crippen LogP contribution in [0.3, 0.4) is 0 Å². The standard InChI is InChI=1S/C13H12Br2N2OS/c1-17(6-12-5-10(15)7-19-12)13(18)8-2-9(14)4-11(16)3-8/h2-5,7H,6,16H2,1H3. The third-order valence-corrected chi connectivity index (χ3v) is 4.67. The largest absolute Gasteiger partial charge is 0.399 e. The number of nitrogens with two attached hydrogens (primary N) is 1. The zero-order valence-electron chi connectivity index (χ0n) is 10.2. The molecule has 0 bridgehead atoms. The van der Waals surface area contributed by atoms with Gasteiger partial charge in [0.15, 0.2) is 0 Å². The van der Waals surface area contributed by atoms with Gasteiger partial charge in [-0.15, -0.1) is 11.3 Å². The second-order valence-electron chi connectivity index (χ2n) is 4.17. The number of hydrogen-bond acceptors (Lipinski definition) is 3. The molecule has 1 aromatic heterocycles. The smallest absolute Gasteiger partial charge is 0.254 e. The highest BCUT2D eigenvalue weighted by Crippen LogP contribution is 2.22. The molecule has 19 heavy (non-hydrogen) atoms. The fraction of sp³-hybridized carbons (Fsp3) is 0.154. The lowest BCUT2D eigenvalue weighted by molar-refractivity contribution is 0.0786. The van der Waals surface area contributed by atoms with E-state index in [-0.39, 0.29) is 5.91 Å². The molecule has 0 atom stereocenters. The molecule has 0 aliphatic heterocycles. The van der Waals surface area contributed by atoms with Crippen molar-refractivity contribution < 1.29 is 4.79 Å². The molecule has 2 N–H and O–H groups in total. The zero-order chi connectivity index (χ0) is 14.0. The summed E-state index contributed by atoms with van der Waals surface area (Å²) in [5, 5.41) is 2.00. The lowest BCUT2D eigenvalue weighted by atomic mass is 10.2. The number of anilines is 1. The van der Waals surface area contributed by atoms with Crippen LogP contribution < -0.4 is 5.73 Å². The molecule has 0 radical (unpaired) electrons. The van der Waals surface area contributed by atoms with E-state index < -0.39 is 0 Å². The van der Waals surface area contributed by atoms with Crippen molar-refractivity contribution in [2.24, 2.45) is 0 Å². The second kappa shape index (κ2) is 6.07. The summed E-state index contributed by atoms with van der Waals surface area (Å²) in [5.41, 5.74) is 6.91. The number of nitrogen functional groups attached to an aromatic ring is 1. The van der Waals surface area contributed by atoms with Crippen molar-refractivity contribution in [3.63, 3.8) is 0 Å². The molecule has 0 aliphatic carbocycles. The van der Waals surface area contributed by atoms with Crippen LogP contribution in [0.1, 0.15) is 15.2 Å². The van der Waals surface area contributed by atoms with Gasteiger partial charge in [-0.1, -0.05) is 15.9 Å². The summed E-state index contributed by atoms with van der Waals surface area (Å²) in [4.78, 5) is 15.1. The number of carbonyl (C=O) groups is 1. The van der Waals surface area contributed by atoms with E-state index in [1.54, 1.807) is 41.5 Å². The highest BCUT2D eigenvalue weighted by atomic mass is 79.9. The zero-order valence-corrected chi connectivity index (χ0v) is 14.2. The third-order valence-electron chi connectivity index (χ3n) is 2.53. The van der Waals surface area contributed by atoms with Crippen molar-refractivity contribution in [2.75, 3.05) is 12.8 Å². The summed E-state index contributed by atoms with van der Waals surface area (Å²) in [7, 11) is 1.78. The molecular weight excluding hydrogens is 392 g/mol. The first-order chi connectivity index (χ1) is 8.95. The lowest BCUT2D eigenvalue weighted by Gasteiger charge is -2.16. The SMILES string of the molecule is CN(Cc1cc(Br)cs1)C(=O)c1cc(N)cc(Br)c1. The highest BCUT2D eigenvalue weighted by molar-refractivity contribution is 9.10. The van der Waals surface area contributed by atoms with Gasteiger partial charge in [-0.05, 0) is 40.2 Å². The number of nitrogens with zero attached hydrogens (tertiary/aromatic N) is 1. The number of rotatable bonds is 3. The van der Waals surface area contributed by atoms with Gasteiger partial charge in [-0.3, -0.25) is 4.79 Å². The Bertz CT molecular complexity index is 592. The number of carbonyl (C=O) groups excluding carboxylic acids is 1. The summed E-state index contributed by atoms with van der Waals surface area (Å²) in [6.45, 7) is 0.585. The molecule has 1 heterocycles. The summed E-state index contributed by atoms with van der Waals surface area (Å²) < 4.78 is 1.85. The topological polar surface area (TPSA) is 46.3 Å². The van der Waals surface area contributed by atoms with Crippen LogP contribution in [0.2, 0.25) is 0 Å². The van der Waals surface area contributed by atoms with E-state index in [1.165, 1.54) is 0 Å². The number of hydrogen-bond donors (Lipinski definition) is 1. The predicted molar refractivity (Wildman–Crippen MR) is 86.4 cm³/mol. The van der Waals surface area contributed by atoms with E-state index in [4.69, 9.17) is 5.73 Å². The average Bonchev–Trinajstić information content (AvgIpc) is 2.72. The molecule has 3 nitrogen and oxygen atoms in total. The van der Waals surface area contributed by atoms with Gasteiger partial charge in [-0.25, -0.2) is 0 Å². The van der Waals surface area contributed by atoms with Gasteiger partial charge in [0.25, 0.3) is 5.91 Å². The number of benzene rings is 1. The van der Waals surface area contributed by atoms with Crippen molar-refractivity contribution in [2.45, 2.75) is 6.54 Å². The summed E-state index contributed by atoms with van der Waals surface area (Å²) in [5.74, 6) is -0.0440. The molecule has 0 spiro atoms. The first-order valence-corrected chi connectivity index (χ1v) is 7.96. The van der Waals surface area contributed by atoms with Crippen molar-refractivity contribution in [3.8, 4) is 0 Å². The van der Waals surface area contributed by atoms with Crippen molar-refractivity contribution in [1.82, 2.24) is 4.90 Å². The molecule has 6 heteroatoms. The Morgan fingerprint density at radius 3 is 2.58 bits per heavy atom. The van der Waals surface area contributed by atoms with Gasteiger partial charge >= 0.3 is 0 Å². The maximum absolute atomic E-state index is 12.3. The number of amides is 1. The van der Waals surface area contributed by atoms with Crippen LogP contribution in [-0.2, 0) is 6.54 Å². The molecule has 2 aromatic rings. The maximum Gasteiger partial charge on any atom is 0.254 e. The fourth-order valence-corrected chi connectivity index (χ4v) is 3.71. The van der Waals surface area contributed by atoms with Gasteiger partial charge in [0.05, 0.1) is 6.54 Å². The normalized spacial score (nSPS) is 10.5. The number of halogens is 2. The Hall–Kier alpha value is -0.850. The van der Waals surface area contributed by atoms with Gasteiger partial charge < -0.3 is 10.6 Å². The molecule has 1 amide bonds. The quantitative estimate of drug-likeness (QED) is 0.783. The Kier molecular flexibility index (Phi) is 4.65. The molecule has 0 fully saturated rings. The van der Waals surface area contributed by atoms with Crippen LogP contribution in [-0.4, -0.2) is 17.9 Å². The first-order valence-electron chi connectivity index (χ1n) is 5.50. The Balaban J connectivity index is 2.14. The molecular formula is C13H12Br2N2OS. The van der Waals surface area contributed by atoms with E-state index in [0.29, 0.717) is 17.8 Å². The van der Waals surface area contributed by atoms with Gasteiger partial charge in [-0.2, -0.15) is 0 Å². The fourth-order valence-electron chi connectivity index (χ4n) is 1.70. The minimum Gasteiger partial charge on any atom is -0.399 e.